The fraction of sp³-hybridized carbons (Fsp3) is 0.308. The van der Waals surface area contributed by atoms with Gasteiger partial charge in [0.25, 0.3) is 5.91 Å². The van der Waals surface area contributed by atoms with Crippen LogP contribution in [0.3, 0.4) is 0 Å². The predicted octanol–water partition coefficient (Wildman–Crippen LogP) is 4.29. The van der Waals surface area contributed by atoms with E-state index in [1.807, 2.05) is 83.5 Å². The van der Waals surface area contributed by atoms with Crippen LogP contribution in [0.25, 0.3) is 10.8 Å². The number of amides is 2. The van der Waals surface area contributed by atoms with E-state index in [1.54, 1.807) is 0 Å². The molecular formula is C26H28N2O3. The molecule has 0 spiro atoms. The van der Waals surface area contributed by atoms with Crippen molar-refractivity contribution in [2.45, 2.75) is 19.8 Å². The second kappa shape index (κ2) is 9.65. The number of ether oxygens (including phenoxy) is 1. The summed E-state index contributed by atoms with van der Waals surface area (Å²) in [4.78, 5) is 29.3. The Labute approximate surface area is 183 Å². The summed E-state index contributed by atoms with van der Waals surface area (Å²) < 4.78 is 5.78. The van der Waals surface area contributed by atoms with Crippen molar-refractivity contribution >= 4 is 22.6 Å². The van der Waals surface area contributed by atoms with Crippen molar-refractivity contribution in [3.8, 4) is 5.75 Å². The van der Waals surface area contributed by atoms with Crippen molar-refractivity contribution in [3.63, 3.8) is 0 Å². The maximum Gasteiger partial charge on any atom is 0.254 e. The molecule has 1 heterocycles. The van der Waals surface area contributed by atoms with Crippen LogP contribution in [0.4, 0.5) is 0 Å². The normalized spacial score (nSPS) is 14.0. The third-order valence-electron chi connectivity index (χ3n) is 5.83. The molecule has 160 valence electrons. The van der Waals surface area contributed by atoms with Gasteiger partial charge in [0.05, 0.1) is 6.61 Å². The molecule has 1 fully saturated rings. The van der Waals surface area contributed by atoms with E-state index in [0.717, 1.165) is 27.6 Å². The molecule has 0 saturated carbocycles. The Bertz CT molecular complexity index is 1070. The van der Waals surface area contributed by atoms with Gasteiger partial charge in [0.2, 0.25) is 5.91 Å². The number of aryl methyl sites for hydroxylation is 1. The minimum Gasteiger partial charge on any atom is -0.493 e. The monoisotopic (exact) mass is 416 g/mol. The van der Waals surface area contributed by atoms with E-state index < -0.39 is 0 Å². The van der Waals surface area contributed by atoms with Crippen molar-refractivity contribution in [3.05, 3.63) is 77.9 Å². The standard InChI is InChI=1S/C26H28N2O3/c1-20-8-2-5-13-24(20)31-19-7-14-25(29)27-15-17-28(18-16-27)26(30)23-12-6-10-21-9-3-4-11-22(21)23/h2-6,8-13H,7,14-19H2,1H3. The molecule has 0 aliphatic carbocycles. The Morgan fingerprint density at radius 1 is 0.839 bits per heavy atom. The molecule has 1 aliphatic rings. The van der Waals surface area contributed by atoms with Crippen molar-refractivity contribution in [1.82, 2.24) is 9.80 Å². The van der Waals surface area contributed by atoms with Crippen LogP contribution in [0, 0.1) is 6.92 Å². The maximum absolute atomic E-state index is 13.1. The van der Waals surface area contributed by atoms with Crippen LogP contribution < -0.4 is 4.74 Å². The zero-order valence-corrected chi connectivity index (χ0v) is 17.9. The molecule has 1 saturated heterocycles. The molecule has 2 amide bonds. The molecule has 5 nitrogen and oxygen atoms in total. The summed E-state index contributed by atoms with van der Waals surface area (Å²) in [6, 6.07) is 21.7. The number of carbonyl (C=O) groups is 2. The molecule has 0 N–H and O–H groups in total. The molecule has 0 atom stereocenters. The quantitative estimate of drug-likeness (QED) is 0.563. The fourth-order valence-corrected chi connectivity index (χ4v) is 4.02. The van der Waals surface area contributed by atoms with Gasteiger partial charge in [0.15, 0.2) is 0 Å². The minimum absolute atomic E-state index is 0.0375. The van der Waals surface area contributed by atoms with Crippen molar-refractivity contribution in [1.29, 1.82) is 0 Å². The summed E-state index contributed by atoms with van der Waals surface area (Å²) in [6.45, 7) is 4.82. The van der Waals surface area contributed by atoms with Gasteiger partial charge in [-0.1, -0.05) is 54.6 Å². The number of nitrogens with zero attached hydrogens (tertiary/aromatic N) is 2. The van der Waals surface area contributed by atoms with Gasteiger partial charge in [-0.15, -0.1) is 0 Å². The van der Waals surface area contributed by atoms with Crippen LogP contribution in [0.15, 0.2) is 66.7 Å². The molecule has 0 unspecified atom stereocenters. The van der Waals surface area contributed by atoms with Crippen LogP contribution in [-0.2, 0) is 4.79 Å². The van der Waals surface area contributed by atoms with Crippen LogP contribution in [0.2, 0.25) is 0 Å². The topological polar surface area (TPSA) is 49.9 Å². The van der Waals surface area contributed by atoms with Crippen LogP contribution >= 0.6 is 0 Å². The number of hydrogen-bond acceptors (Lipinski definition) is 3. The lowest BCUT2D eigenvalue weighted by atomic mass is 10.0. The van der Waals surface area contributed by atoms with E-state index in [2.05, 4.69) is 0 Å². The summed E-state index contributed by atoms with van der Waals surface area (Å²) in [6.07, 6.45) is 1.14. The smallest absolute Gasteiger partial charge is 0.254 e. The van der Waals surface area contributed by atoms with E-state index in [4.69, 9.17) is 4.74 Å². The molecule has 3 aromatic carbocycles. The number of benzene rings is 3. The van der Waals surface area contributed by atoms with Gasteiger partial charge in [-0.3, -0.25) is 9.59 Å². The lowest BCUT2D eigenvalue weighted by Gasteiger charge is -2.35. The number of carbonyl (C=O) groups excluding carboxylic acids is 2. The van der Waals surface area contributed by atoms with Crippen molar-refractivity contribution in [2.24, 2.45) is 0 Å². The second-order valence-electron chi connectivity index (χ2n) is 7.92. The highest BCUT2D eigenvalue weighted by Gasteiger charge is 2.25. The number of para-hydroxylation sites is 1. The highest BCUT2D eigenvalue weighted by atomic mass is 16.5. The van der Waals surface area contributed by atoms with E-state index in [9.17, 15) is 9.59 Å². The summed E-state index contributed by atoms with van der Waals surface area (Å²) in [5.74, 6) is 1.04. The summed E-state index contributed by atoms with van der Waals surface area (Å²) in [7, 11) is 0. The fourth-order valence-electron chi connectivity index (χ4n) is 4.02. The zero-order valence-electron chi connectivity index (χ0n) is 17.9. The lowest BCUT2D eigenvalue weighted by molar-refractivity contribution is -0.132. The van der Waals surface area contributed by atoms with Gasteiger partial charge in [0, 0.05) is 38.2 Å². The van der Waals surface area contributed by atoms with Crippen molar-refractivity contribution < 1.29 is 14.3 Å². The molecule has 1 aliphatic heterocycles. The van der Waals surface area contributed by atoms with Crippen LogP contribution in [0.1, 0.15) is 28.8 Å². The molecule has 3 aromatic rings. The number of rotatable bonds is 6. The third kappa shape index (κ3) is 4.88. The van der Waals surface area contributed by atoms with Gasteiger partial charge >= 0.3 is 0 Å². The number of piperazine rings is 1. The average molecular weight is 417 g/mol. The predicted molar refractivity (Wildman–Crippen MR) is 122 cm³/mol. The highest BCUT2D eigenvalue weighted by molar-refractivity contribution is 6.07. The number of hydrogen-bond donors (Lipinski definition) is 0. The van der Waals surface area contributed by atoms with Crippen LogP contribution in [0.5, 0.6) is 5.75 Å². The highest BCUT2D eigenvalue weighted by Crippen LogP contribution is 2.21. The summed E-state index contributed by atoms with van der Waals surface area (Å²) >= 11 is 0. The third-order valence-corrected chi connectivity index (χ3v) is 5.83. The molecule has 5 heteroatoms. The Morgan fingerprint density at radius 3 is 2.32 bits per heavy atom. The molecule has 4 rings (SSSR count). The molecule has 0 bridgehead atoms. The first kappa shape index (κ1) is 20.9. The van der Waals surface area contributed by atoms with Gasteiger partial charge in [-0.2, -0.15) is 0 Å². The Kier molecular flexibility index (Phi) is 6.51. The molecular weight excluding hydrogens is 388 g/mol. The lowest BCUT2D eigenvalue weighted by Crippen LogP contribution is -2.50. The number of fused-ring (bicyclic) bond motifs is 1. The zero-order chi connectivity index (χ0) is 21.6. The van der Waals surface area contributed by atoms with Gasteiger partial charge < -0.3 is 14.5 Å². The summed E-state index contributed by atoms with van der Waals surface area (Å²) in [5.41, 5.74) is 1.83. The molecule has 31 heavy (non-hydrogen) atoms. The van der Waals surface area contributed by atoms with E-state index in [1.165, 1.54) is 0 Å². The first-order chi connectivity index (χ1) is 15.1. The van der Waals surface area contributed by atoms with E-state index in [-0.39, 0.29) is 11.8 Å². The minimum atomic E-state index is 0.0375. The second-order valence-corrected chi connectivity index (χ2v) is 7.92. The Morgan fingerprint density at radius 2 is 1.52 bits per heavy atom. The average Bonchev–Trinajstić information content (AvgIpc) is 2.82. The van der Waals surface area contributed by atoms with Crippen molar-refractivity contribution in [2.75, 3.05) is 32.8 Å². The van der Waals surface area contributed by atoms with Gasteiger partial charge in [0.1, 0.15) is 5.75 Å². The van der Waals surface area contributed by atoms with Gasteiger partial charge in [-0.25, -0.2) is 0 Å². The molecule has 0 radical (unpaired) electrons. The van der Waals surface area contributed by atoms with E-state index >= 15 is 0 Å². The van der Waals surface area contributed by atoms with Crippen LogP contribution in [-0.4, -0.2) is 54.4 Å². The first-order valence-electron chi connectivity index (χ1n) is 10.9. The SMILES string of the molecule is Cc1ccccc1OCCCC(=O)N1CCN(C(=O)c2cccc3ccccc23)CC1. The largest absolute Gasteiger partial charge is 0.493 e. The maximum atomic E-state index is 13.1. The van der Waals surface area contributed by atoms with Gasteiger partial charge in [-0.05, 0) is 41.8 Å². The Balaban J connectivity index is 1.26. The molecule has 0 aromatic heterocycles. The summed E-state index contributed by atoms with van der Waals surface area (Å²) in [5, 5.41) is 2.04. The first-order valence-corrected chi connectivity index (χ1v) is 10.9. The Hall–Kier alpha value is -3.34. The van der Waals surface area contributed by atoms with E-state index in [0.29, 0.717) is 45.6 Å².